The molecule has 166 valence electrons. The number of likely N-dealkylation sites (tertiary alicyclic amines) is 1. The summed E-state index contributed by atoms with van der Waals surface area (Å²) in [6.07, 6.45) is 5.48. The molecule has 7 nitrogen and oxygen atoms in total. The molecule has 2 N–H and O–H groups in total. The molecule has 3 atom stereocenters. The van der Waals surface area contributed by atoms with E-state index in [1.54, 1.807) is 0 Å². The van der Waals surface area contributed by atoms with Gasteiger partial charge in [0.15, 0.2) is 0 Å². The maximum absolute atomic E-state index is 12.9. The molecular formula is C24H31N3O4. The second kappa shape index (κ2) is 10.4. The third-order valence-corrected chi connectivity index (χ3v) is 5.83. The largest absolute Gasteiger partial charge is 0.354 e. The molecule has 0 saturated carbocycles. The van der Waals surface area contributed by atoms with Gasteiger partial charge in [0, 0.05) is 19.5 Å². The lowest BCUT2D eigenvalue weighted by molar-refractivity contribution is -0.148. The van der Waals surface area contributed by atoms with E-state index in [2.05, 4.69) is 10.6 Å². The van der Waals surface area contributed by atoms with Gasteiger partial charge in [0.1, 0.15) is 6.04 Å². The van der Waals surface area contributed by atoms with Crippen molar-refractivity contribution in [3.8, 4) is 0 Å². The molecule has 0 aromatic heterocycles. The maximum atomic E-state index is 12.9. The molecule has 0 bridgehead atoms. The Morgan fingerprint density at radius 3 is 2.19 bits per heavy atom. The van der Waals surface area contributed by atoms with Crippen molar-refractivity contribution in [3.05, 3.63) is 48.0 Å². The average molecular weight is 426 g/mol. The highest BCUT2D eigenvalue weighted by atomic mass is 16.2. The number of rotatable bonds is 9. The van der Waals surface area contributed by atoms with Crippen LogP contribution in [0, 0.1) is 17.8 Å². The van der Waals surface area contributed by atoms with Crippen LogP contribution in [0.1, 0.15) is 45.1 Å². The Labute approximate surface area is 183 Å². The summed E-state index contributed by atoms with van der Waals surface area (Å²) in [4.78, 5) is 52.0. The molecule has 1 saturated heterocycles. The first kappa shape index (κ1) is 22.7. The van der Waals surface area contributed by atoms with Gasteiger partial charge < -0.3 is 10.6 Å². The lowest BCUT2D eigenvalue weighted by atomic mass is 9.85. The lowest BCUT2D eigenvalue weighted by Crippen LogP contribution is -2.51. The van der Waals surface area contributed by atoms with Crippen LogP contribution in [0.4, 0.5) is 0 Å². The topological polar surface area (TPSA) is 95.6 Å². The predicted octanol–water partition coefficient (Wildman–Crippen LogP) is 2.17. The molecule has 1 aliphatic carbocycles. The van der Waals surface area contributed by atoms with Crippen molar-refractivity contribution in [2.45, 2.75) is 52.1 Å². The molecule has 31 heavy (non-hydrogen) atoms. The number of hydrogen-bond donors (Lipinski definition) is 2. The van der Waals surface area contributed by atoms with E-state index in [4.69, 9.17) is 0 Å². The Hall–Kier alpha value is -2.96. The molecule has 1 aromatic rings. The number of amides is 4. The number of benzene rings is 1. The number of nitrogens with one attached hydrogen (secondary N) is 2. The molecule has 7 heteroatoms. The molecule has 1 aromatic carbocycles. The number of nitrogens with zero attached hydrogens (tertiary/aromatic N) is 1. The number of carbonyl (C=O) groups is 4. The van der Waals surface area contributed by atoms with Crippen LogP contribution in [0.25, 0.3) is 0 Å². The number of fused-ring (bicyclic) bond motifs is 1. The second-order valence-electron chi connectivity index (χ2n) is 8.65. The van der Waals surface area contributed by atoms with Crippen molar-refractivity contribution in [1.29, 1.82) is 0 Å². The van der Waals surface area contributed by atoms with Gasteiger partial charge in [-0.2, -0.15) is 0 Å². The summed E-state index contributed by atoms with van der Waals surface area (Å²) in [6, 6.07) is 8.74. The Bertz CT molecular complexity index is 824. The van der Waals surface area contributed by atoms with Gasteiger partial charge in [-0.25, -0.2) is 0 Å². The summed E-state index contributed by atoms with van der Waals surface area (Å²) in [5.74, 6) is -1.63. The van der Waals surface area contributed by atoms with E-state index in [-0.39, 0.29) is 54.3 Å². The van der Waals surface area contributed by atoms with Crippen LogP contribution in [-0.2, 0) is 25.7 Å². The molecule has 2 aliphatic rings. The number of imide groups is 1. The fraction of sp³-hybridized carbons (Fsp3) is 0.500. The van der Waals surface area contributed by atoms with Crippen LogP contribution in [0.15, 0.2) is 42.5 Å². The average Bonchev–Trinajstić information content (AvgIpc) is 3.01. The SMILES string of the molecule is CC(C)CC(C(=O)NCCC(=O)NCc1ccccc1)N1C(=O)C2CC=CCC2C1=O. The van der Waals surface area contributed by atoms with Crippen LogP contribution in [0.2, 0.25) is 0 Å². The van der Waals surface area contributed by atoms with Crippen molar-refractivity contribution in [3.63, 3.8) is 0 Å². The van der Waals surface area contributed by atoms with E-state index < -0.39 is 6.04 Å². The van der Waals surface area contributed by atoms with E-state index in [1.807, 2.05) is 56.3 Å². The van der Waals surface area contributed by atoms with Gasteiger partial charge in [0.05, 0.1) is 11.8 Å². The number of carbonyl (C=O) groups excluding carboxylic acids is 4. The molecule has 1 heterocycles. The van der Waals surface area contributed by atoms with Crippen LogP contribution >= 0.6 is 0 Å². The fourth-order valence-electron chi connectivity index (χ4n) is 4.21. The number of allylic oxidation sites excluding steroid dienone is 2. The van der Waals surface area contributed by atoms with E-state index >= 15 is 0 Å². The molecule has 0 radical (unpaired) electrons. The van der Waals surface area contributed by atoms with Crippen LogP contribution in [0.5, 0.6) is 0 Å². The minimum Gasteiger partial charge on any atom is -0.354 e. The second-order valence-corrected chi connectivity index (χ2v) is 8.65. The predicted molar refractivity (Wildman–Crippen MR) is 116 cm³/mol. The molecule has 1 aliphatic heterocycles. The van der Waals surface area contributed by atoms with E-state index in [0.29, 0.717) is 25.8 Å². The molecule has 3 unspecified atom stereocenters. The summed E-state index contributed by atoms with van der Waals surface area (Å²) in [5.41, 5.74) is 0.999. The van der Waals surface area contributed by atoms with E-state index in [0.717, 1.165) is 5.56 Å². The van der Waals surface area contributed by atoms with Gasteiger partial charge in [0.2, 0.25) is 23.6 Å². The van der Waals surface area contributed by atoms with Crippen molar-refractivity contribution < 1.29 is 19.2 Å². The highest BCUT2D eigenvalue weighted by Crippen LogP contribution is 2.37. The highest BCUT2D eigenvalue weighted by molar-refractivity contribution is 6.08. The third-order valence-electron chi connectivity index (χ3n) is 5.83. The van der Waals surface area contributed by atoms with E-state index in [1.165, 1.54) is 4.90 Å². The van der Waals surface area contributed by atoms with Crippen molar-refractivity contribution in [1.82, 2.24) is 15.5 Å². The minimum absolute atomic E-state index is 0.129. The fourth-order valence-corrected chi connectivity index (χ4v) is 4.21. The highest BCUT2D eigenvalue weighted by Gasteiger charge is 2.51. The first-order chi connectivity index (χ1) is 14.9. The first-order valence-electron chi connectivity index (χ1n) is 11.0. The van der Waals surface area contributed by atoms with E-state index in [9.17, 15) is 19.2 Å². The lowest BCUT2D eigenvalue weighted by Gasteiger charge is -2.27. The summed E-state index contributed by atoms with van der Waals surface area (Å²) in [7, 11) is 0. The standard InChI is InChI=1S/C24H31N3O4/c1-16(2)14-20(27-23(30)18-10-6-7-11-19(18)24(27)31)22(29)25-13-12-21(28)26-15-17-8-4-3-5-9-17/h3-9,16,18-20H,10-15H2,1-2H3,(H,25,29)(H,26,28). The summed E-state index contributed by atoms with van der Waals surface area (Å²) >= 11 is 0. The monoisotopic (exact) mass is 425 g/mol. The van der Waals surface area contributed by atoms with Gasteiger partial charge in [-0.3, -0.25) is 24.1 Å². The van der Waals surface area contributed by atoms with Crippen molar-refractivity contribution in [2.24, 2.45) is 17.8 Å². The smallest absolute Gasteiger partial charge is 0.243 e. The Morgan fingerprint density at radius 1 is 1.00 bits per heavy atom. The molecule has 3 rings (SSSR count). The van der Waals surface area contributed by atoms with Gasteiger partial charge >= 0.3 is 0 Å². The minimum atomic E-state index is -0.835. The van der Waals surface area contributed by atoms with Gasteiger partial charge in [-0.15, -0.1) is 0 Å². The van der Waals surface area contributed by atoms with Crippen molar-refractivity contribution >= 4 is 23.6 Å². The maximum Gasteiger partial charge on any atom is 0.243 e. The van der Waals surface area contributed by atoms with Crippen molar-refractivity contribution in [2.75, 3.05) is 6.54 Å². The molecule has 0 spiro atoms. The first-order valence-corrected chi connectivity index (χ1v) is 11.0. The van der Waals surface area contributed by atoms with Gasteiger partial charge in [-0.05, 0) is 30.7 Å². The molecule has 4 amide bonds. The number of hydrogen-bond acceptors (Lipinski definition) is 4. The zero-order valence-electron chi connectivity index (χ0n) is 18.2. The third kappa shape index (κ3) is 5.60. The van der Waals surface area contributed by atoms with Crippen LogP contribution in [0.3, 0.4) is 0 Å². The molecule has 1 fully saturated rings. The Morgan fingerprint density at radius 2 is 1.61 bits per heavy atom. The Kier molecular flexibility index (Phi) is 7.60. The van der Waals surface area contributed by atoms with Crippen LogP contribution < -0.4 is 10.6 Å². The summed E-state index contributed by atoms with van der Waals surface area (Å²) in [6.45, 7) is 4.49. The van der Waals surface area contributed by atoms with Crippen LogP contribution in [-0.4, -0.2) is 41.1 Å². The Balaban J connectivity index is 1.54. The quantitative estimate of drug-likeness (QED) is 0.468. The summed E-state index contributed by atoms with van der Waals surface area (Å²) < 4.78 is 0. The normalized spacial score (nSPS) is 21.2. The summed E-state index contributed by atoms with van der Waals surface area (Å²) in [5, 5.41) is 5.58. The molecular weight excluding hydrogens is 394 g/mol. The van der Waals surface area contributed by atoms with Gasteiger partial charge in [0.25, 0.3) is 0 Å². The zero-order chi connectivity index (χ0) is 22.4. The van der Waals surface area contributed by atoms with Gasteiger partial charge in [-0.1, -0.05) is 56.3 Å². The zero-order valence-corrected chi connectivity index (χ0v) is 18.2.